The molecule has 3 heteroatoms. The fourth-order valence-electron chi connectivity index (χ4n) is 0.302. The first-order valence-corrected chi connectivity index (χ1v) is 4.08. The van der Waals surface area contributed by atoms with Gasteiger partial charge in [-0.05, 0) is 14.1 Å². The summed E-state index contributed by atoms with van der Waals surface area (Å²) in [7, 11) is 4.08. The lowest BCUT2D eigenvalue weighted by Gasteiger charge is -2.07. The monoisotopic (exact) mass is 229 g/mol. The molecule has 0 rings (SSSR count). The number of ether oxygens (including phenoxy) is 1. The average Bonchev–Trinajstić information content (AvgIpc) is 1.66. The minimum Gasteiger partial charge on any atom is -0.370 e. The van der Waals surface area contributed by atoms with E-state index in [1.54, 1.807) is 0 Å². The van der Waals surface area contributed by atoms with Crippen LogP contribution in [0.4, 0.5) is 0 Å². The van der Waals surface area contributed by atoms with Crippen LogP contribution in [-0.4, -0.2) is 36.8 Å². The van der Waals surface area contributed by atoms with Crippen molar-refractivity contribution >= 4 is 22.6 Å². The molecule has 0 aliphatic carbocycles. The highest BCUT2D eigenvalue weighted by Gasteiger charge is 1.86. The summed E-state index contributed by atoms with van der Waals surface area (Å²) < 4.78 is 5.89. The summed E-state index contributed by atoms with van der Waals surface area (Å²) >= 11 is 2.19. The van der Waals surface area contributed by atoms with Gasteiger partial charge in [0.25, 0.3) is 0 Å². The van der Waals surface area contributed by atoms with Crippen LogP contribution in [0.2, 0.25) is 0 Å². The van der Waals surface area contributed by atoms with Crippen molar-refractivity contribution in [2.24, 2.45) is 0 Å². The first kappa shape index (κ1) is 8.65. The average molecular weight is 229 g/mol. The maximum Gasteiger partial charge on any atom is 0.0979 e. The smallest absolute Gasteiger partial charge is 0.0979 e. The molecule has 2 nitrogen and oxygen atoms in total. The molecular weight excluding hydrogens is 217 g/mol. The highest BCUT2D eigenvalue weighted by molar-refractivity contribution is 14.1. The number of hydrogen-bond donors (Lipinski definition) is 0. The van der Waals surface area contributed by atoms with Crippen molar-refractivity contribution in [1.29, 1.82) is 0 Å². The van der Waals surface area contributed by atoms with Crippen LogP contribution < -0.4 is 0 Å². The van der Waals surface area contributed by atoms with E-state index in [4.69, 9.17) is 4.74 Å². The normalized spacial score (nSPS) is 10.5. The van der Waals surface area contributed by atoms with Crippen molar-refractivity contribution in [3.63, 3.8) is 0 Å². The number of likely N-dealkylation sites (N-methyl/N-ethyl adjacent to an activating group) is 1. The number of halogens is 1. The van der Waals surface area contributed by atoms with E-state index in [9.17, 15) is 0 Å². The topological polar surface area (TPSA) is 12.5 Å². The molecule has 0 heterocycles. The van der Waals surface area contributed by atoms with Crippen LogP contribution in [0.25, 0.3) is 0 Å². The quantitative estimate of drug-likeness (QED) is 0.404. The molecule has 0 aromatic rings. The first-order valence-electron chi connectivity index (χ1n) is 2.56. The lowest BCUT2D eigenvalue weighted by molar-refractivity contribution is 0.165. The Morgan fingerprint density at radius 3 is 2.50 bits per heavy atom. The Balaban J connectivity index is 2.72. The Morgan fingerprint density at radius 2 is 2.12 bits per heavy atom. The van der Waals surface area contributed by atoms with Gasteiger partial charge in [-0.2, -0.15) is 0 Å². The minimum absolute atomic E-state index is 0.797. The molecule has 50 valence electrons. The molecule has 0 aliphatic heterocycles. The molecule has 0 bridgehead atoms. The Bertz CT molecular complexity index is 49.7. The Kier molecular flexibility index (Phi) is 6.25. The van der Waals surface area contributed by atoms with Crippen LogP contribution in [0.15, 0.2) is 0 Å². The van der Waals surface area contributed by atoms with Gasteiger partial charge in [0.15, 0.2) is 0 Å². The molecule has 0 unspecified atom stereocenters. The van der Waals surface area contributed by atoms with Gasteiger partial charge in [-0.25, -0.2) is 0 Å². The molecule has 0 N–H and O–H groups in total. The minimum atomic E-state index is 0.797. The summed E-state index contributed by atoms with van der Waals surface area (Å²) in [4.78, 5) is 2.10. The molecular formula is C5H12INO. The van der Waals surface area contributed by atoms with Gasteiger partial charge in [0.2, 0.25) is 0 Å². The number of rotatable bonds is 4. The Labute approximate surface area is 64.3 Å². The van der Waals surface area contributed by atoms with E-state index in [-0.39, 0.29) is 0 Å². The van der Waals surface area contributed by atoms with Crippen molar-refractivity contribution in [3.05, 3.63) is 0 Å². The van der Waals surface area contributed by atoms with Crippen molar-refractivity contribution in [3.8, 4) is 0 Å². The molecule has 0 fully saturated rings. The predicted octanol–water partition coefficient (Wildman–Crippen LogP) is 0.957. The Hall–Kier alpha value is 0.650. The van der Waals surface area contributed by atoms with E-state index >= 15 is 0 Å². The van der Waals surface area contributed by atoms with E-state index in [2.05, 4.69) is 27.5 Å². The standard InChI is InChI=1S/C5H12INO/c1-7(2)3-4-8-5-6/h3-5H2,1-2H3. The summed E-state index contributed by atoms with van der Waals surface area (Å²) in [5.74, 6) is 0. The van der Waals surface area contributed by atoms with Gasteiger partial charge in [-0.3, -0.25) is 0 Å². The van der Waals surface area contributed by atoms with E-state index in [1.807, 2.05) is 14.1 Å². The fourth-order valence-corrected chi connectivity index (χ4v) is 0.613. The molecule has 0 radical (unpaired) electrons. The molecule has 0 amide bonds. The maximum absolute atomic E-state index is 5.09. The molecule has 0 spiro atoms. The zero-order valence-corrected chi connectivity index (χ0v) is 7.51. The van der Waals surface area contributed by atoms with Crippen LogP contribution in [0.3, 0.4) is 0 Å². The largest absolute Gasteiger partial charge is 0.370 e. The third-order valence-electron chi connectivity index (χ3n) is 0.760. The third kappa shape index (κ3) is 6.65. The second kappa shape index (κ2) is 5.78. The van der Waals surface area contributed by atoms with Crippen molar-refractivity contribution in [1.82, 2.24) is 4.90 Å². The molecule has 0 saturated heterocycles. The zero-order valence-electron chi connectivity index (χ0n) is 5.35. The number of hydrogen-bond acceptors (Lipinski definition) is 2. The molecule has 0 atom stereocenters. The summed E-state index contributed by atoms with van der Waals surface area (Å²) in [6.45, 7) is 1.86. The number of nitrogens with zero attached hydrogens (tertiary/aromatic N) is 1. The first-order chi connectivity index (χ1) is 3.77. The predicted molar refractivity (Wildman–Crippen MR) is 43.4 cm³/mol. The van der Waals surface area contributed by atoms with Gasteiger partial charge in [0.05, 0.1) is 11.2 Å². The van der Waals surface area contributed by atoms with Crippen molar-refractivity contribution < 1.29 is 4.74 Å². The molecule has 0 saturated carbocycles. The second-order valence-electron chi connectivity index (χ2n) is 1.82. The zero-order chi connectivity index (χ0) is 6.41. The van der Waals surface area contributed by atoms with E-state index in [0.717, 1.165) is 17.8 Å². The molecule has 0 aliphatic rings. The van der Waals surface area contributed by atoms with Crippen LogP contribution in [0.1, 0.15) is 0 Å². The van der Waals surface area contributed by atoms with Gasteiger partial charge in [0, 0.05) is 6.54 Å². The van der Waals surface area contributed by atoms with Gasteiger partial charge in [-0.15, -0.1) is 0 Å². The van der Waals surface area contributed by atoms with Crippen molar-refractivity contribution in [2.75, 3.05) is 31.9 Å². The molecule has 0 aromatic carbocycles. The molecule has 0 aromatic heterocycles. The van der Waals surface area contributed by atoms with Gasteiger partial charge in [-0.1, -0.05) is 22.6 Å². The van der Waals surface area contributed by atoms with Crippen molar-refractivity contribution in [2.45, 2.75) is 0 Å². The summed E-state index contributed by atoms with van der Waals surface area (Å²) in [6.07, 6.45) is 0. The van der Waals surface area contributed by atoms with Crippen LogP contribution in [0.5, 0.6) is 0 Å². The van der Waals surface area contributed by atoms with E-state index in [1.165, 1.54) is 0 Å². The van der Waals surface area contributed by atoms with Crippen LogP contribution >= 0.6 is 22.6 Å². The Morgan fingerprint density at radius 1 is 1.50 bits per heavy atom. The summed E-state index contributed by atoms with van der Waals surface area (Å²) in [5, 5.41) is 0. The van der Waals surface area contributed by atoms with Gasteiger partial charge < -0.3 is 9.64 Å². The highest BCUT2D eigenvalue weighted by atomic mass is 127. The van der Waals surface area contributed by atoms with E-state index < -0.39 is 0 Å². The summed E-state index contributed by atoms with van der Waals surface area (Å²) in [5.41, 5.74) is 0. The van der Waals surface area contributed by atoms with Crippen LogP contribution in [0, 0.1) is 0 Å². The second-order valence-corrected chi connectivity index (χ2v) is 2.44. The lowest BCUT2D eigenvalue weighted by atomic mass is 10.6. The van der Waals surface area contributed by atoms with E-state index in [0.29, 0.717) is 0 Å². The summed E-state index contributed by atoms with van der Waals surface area (Å²) in [6, 6.07) is 0. The fraction of sp³-hybridized carbons (Fsp3) is 1.00. The third-order valence-corrected chi connectivity index (χ3v) is 1.20. The van der Waals surface area contributed by atoms with Crippen LogP contribution in [-0.2, 0) is 4.74 Å². The molecule has 8 heavy (non-hydrogen) atoms. The lowest BCUT2D eigenvalue weighted by Crippen LogP contribution is -2.17. The highest BCUT2D eigenvalue weighted by Crippen LogP contribution is 1.83. The number of alkyl halides is 1. The van der Waals surface area contributed by atoms with Gasteiger partial charge in [0.1, 0.15) is 0 Å². The SMILES string of the molecule is CN(C)CCOCI. The van der Waals surface area contributed by atoms with Gasteiger partial charge >= 0.3 is 0 Å². The maximum atomic E-state index is 5.09.